The van der Waals surface area contributed by atoms with Crippen molar-refractivity contribution in [3.05, 3.63) is 70.0 Å². The Morgan fingerprint density at radius 3 is 2.70 bits per heavy atom. The molecule has 0 bridgehead atoms. The first-order valence-electron chi connectivity index (χ1n) is 6.75. The Kier molecular flexibility index (Phi) is 4.60. The molecule has 0 fully saturated rings. The SMILES string of the molecule is O=C(NCc1nc(-c2ccccc2)no1)c1cc(Cl)ccc1Cl. The van der Waals surface area contributed by atoms with Crippen LogP contribution in [0.3, 0.4) is 0 Å². The maximum atomic E-state index is 12.1. The number of rotatable bonds is 4. The molecule has 1 aromatic heterocycles. The molecule has 0 atom stereocenters. The van der Waals surface area contributed by atoms with Crippen molar-refractivity contribution in [3.8, 4) is 11.4 Å². The maximum Gasteiger partial charge on any atom is 0.253 e. The topological polar surface area (TPSA) is 68.0 Å². The van der Waals surface area contributed by atoms with E-state index in [0.29, 0.717) is 27.3 Å². The van der Waals surface area contributed by atoms with Crippen molar-refractivity contribution in [3.63, 3.8) is 0 Å². The second-order valence-electron chi connectivity index (χ2n) is 4.68. The van der Waals surface area contributed by atoms with E-state index >= 15 is 0 Å². The highest BCUT2D eigenvalue weighted by Crippen LogP contribution is 2.20. The fourth-order valence-electron chi connectivity index (χ4n) is 1.95. The maximum absolute atomic E-state index is 12.1. The summed E-state index contributed by atoms with van der Waals surface area (Å²) in [6.45, 7) is 0.0987. The van der Waals surface area contributed by atoms with Crippen LogP contribution in [0.4, 0.5) is 0 Å². The van der Waals surface area contributed by atoms with Crippen molar-refractivity contribution in [1.29, 1.82) is 0 Å². The molecule has 1 heterocycles. The summed E-state index contributed by atoms with van der Waals surface area (Å²) in [5, 5.41) is 7.31. The average molecular weight is 348 g/mol. The van der Waals surface area contributed by atoms with E-state index in [0.717, 1.165) is 5.56 Å². The molecular formula is C16H11Cl2N3O2. The number of nitrogens with one attached hydrogen (secondary N) is 1. The van der Waals surface area contributed by atoms with E-state index in [-0.39, 0.29) is 12.5 Å². The number of amides is 1. The van der Waals surface area contributed by atoms with Gasteiger partial charge in [-0.15, -0.1) is 0 Å². The standard InChI is InChI=1S/C16H11Cl2N3O2/c17-11-6-7-13(18)12(8-11)16(22)19-9-14-20-15(21-23-14)10-4-2-1-3-5-10/h1-8H,9H2,(H,19,22). The normalized spacial score (nSPS) is 10.5. The third kappa shape index (κ3) is 3.70. The molecule has 0 saturated heterocycles. The van der Waals surface area contributed by atoms with Gasteiger partial charge in [0, 0.05) is 10.6 Å². The van der Waals surface area contributed by atoms with E-state index in [1.807, 2.05) is 30.3 Å². The summed E-state index contributed by atoms with van der Waals surface area (Å²) in [6, 6.07) is 14.1. The van der Waals surface area contributed by atoms with Gasteiger partial charge in [-0.1, -0.05) is 58.7 Å². The van der Waals surface area contributed by atoms with Crippen LogP contribution in [0.15, 0.2) is 53.1 Å². The lowest BCUT2D eigenvalue weighted by molar-refractivity contribution is 0.0946. The van der Waals surface area contributed by atoms with Gasteiger partial charge in [0.15, 0.2) is 0 Å². The number of halogens is 2. The fourth-order valence-corrected chi connectivity index (χ4v) is 2.33. The molecule has 0 spiro atoms. The summed E-state index contributed by atoms with van der Waals surface area (Å²) in [5.41, 5.74) is 1.13. The Balaban J connectivity index is 1.68. The number of benzene rings is 2. The number of aromatic nitrogens is 2. The average Bonchev–Trinajstić information content (AvgIpc) is 3.05. The van der Waals surface area contributed by atoms with Crippen molar-refractivity contribution >= 4 is 29.1 Å². The molecule has 3 rings (SSSR count). The van der Waals surface area contributed by atoms with Crippen LogP contribution >= 0.6 is 23.2 Å². The summed E-state index contributed by atoms with van der Waals surface area (Å²) in [5.74, 6) is 0.406. The molecule has 7 heteroatoms. The molecule has 0 aliphatic heterocycles. The van der Waals surface area contributed by atoms with Crippen LogP contribution in [0.2, 0.25) is 10.0 Å². The van der Waals surface area contributed by atoms with Crippen molar-refractivity contribution in [2.24, 2.45) is 0 Å². The minimum atomic E-state index is -0.364. The van der Waals surface area contributed by atoms with E-state index in [1.54, 1.807) is 12.1 Å². The highest BCUT2D eigenvalue weighted by atomic mass is 35.5. The van der Waals surface area contributed by atoms with Crippen molar-refractivity contribution in [2.75, 3.05) is 0 Å². The Hall–Kier alpha value is -2.37. The minimum Gasteiger partial charge on any atom is -0.343 e. The second kappa shape index (κ2) is 6.81. The molecule has 2 aromatic carbocycles. The van der Waals surface area contributed by atoms with Gasteiger partial charge in [-0.05, 0) is 18.2 Å². The van der Waals surface area contributed by atoms with Gasteiger partial charge >= 0.3 is 0 Å². The van der Waals surface area contributed by atoms with E-state index in [2.05, 4.69) is 15.5 Å². The zero-order valence-electron chi connectivity index (χ0n) is 11.8. The number of hydrogen-bond donors (Lipinski definition) is 1. The molecule has 23 heavy (non-hydrogen) atoms. The van der Waals surface area contributed by atoms with Crippen LogP contribution in [0, 0.1) is 0 Å². The van der Waals surface area contributed by atoms with Gasteiger partial charge in [0.1, 0.15) is 0 Å². The molecule has 0 aliphatic carbocycles. The Morgan fingerprint density at radius 1 is 1.13 bits per heavy atom. The predicted molar refractivity (Wildman–Crippen MR) is 87.4 cm³/mol. The second-order valence-corrected chi connectivity index (χ2v) is 5.53. The summed E-state index contributed by atoms with van der Waals surface area (Å²) in [4.78, 5) is 16.4. The minimum absolute atomic E-state index is 0.0987. The van der Waals surface area contributed by atoms with Gasteiger partial charge in [-0.3, -0.25) is 4.79 Å². The molecule has 0 saturated carbocycles. The number of hydrogen-bond acceptors (Lipinski definition) is 4. The summed E-state index contributed by atoms with van der Waals surface area (Å²) in [7, 11) is 0. The number of carbonyl (C=O) groups is 1. The van der Waals surface area contributed by atoms with E-state index in [9.17, 15) is 4.79 Å². The molecule has 0 radical (unpaired) electrons. The van der Waals surface area contributed by atoms with Gasteiger partial charge in [0.2, 0.25) is 11.7 Å². The number of carbonyl (C=O) groups excluding carboxylic acids is 1. The Bertz CT molecular complexity index is 834. The molecule has 3 aromatic rings. The lowest BCUT2D eigenvalue weighted by Crippen LogP contribution is -2.23. The van der Waals surface area contributed by atoms with Gasteiger partial charge in [-0.2, -0.15) is 4.98 Å². The largest absolute Gasteiger partial charge is 0.343 e. The van der Waals surface area contributed by atoms with E-state index in [4.69, 9.17) is 27.7 Å². The lowest BCUT2D eigenvalue weighted by Gasteiger charge is -2.04. The first-order valence-corrected chi connectivity index (χ1v) is 7.50. The molecule has 0 unspecified atom stereocenters. The van der Waals surface area contributed by atoms with Crippen LogP contribution in [0.1, 0.15) is 16.2 Å². The first-order chi connectivity index (χ1) is 11.1. The lowest BCUT2D eigenvalue weighted by atomic mass is 10.2. The zero-order valence-corrected chi connectivity index (χ0v) is 13.3. The number of nitrogens with zero attached hydrogens (tertiary/aromatic N) is 2. The molecular weight excluding hydrogens is 337 g/mol. The quantitative estimate of drug-likeness (QED) is 0.775. The van der Waals surface area contributed by atoms with Crippen molar-refractivity contribution in [2.45, 2.75) is 6.54 Å². The van der Waals surface area contributed by atoms with Gasteiger partial charge < -0.3 is 9.84 Å². The Morgan fingerprint density at radius 2 is 1.91 bits per heavy atom. The highest BCUT2D eigenvalue weighted by Gasteiger charge is 2.13. The predicted octanol–water partition coefficient (Wildman–Crippen LogP) is 3.97. The monoisotopic (exact) mass is 347 g/mol. The van der Waals surface area contributed by atoms with Crippen LogP contribution < -0.4 is 5.32 Å². The van der Waals surface area contributed by atoms with Crippen LogP contribution in [-0.4, -0.2) is 16.0 Å². The third-order valence-corrected chi connectivity index (χ3v) is 3.64. The molecule has 1 amide bonds. The third-order valence-electron chi connectivity index (χ3n) is 3.07. The summed E-state index contributed by atoms with van der Waals surface area (Å²) >= 11 is 11.9. The smallest absolute Gasteiger partial charge is 0.253 e. The zero-order chi connectivity index (χ0) is 16.2. The van der Waals surface area contributed by atoms with E-state index in [1.165, 1.54) is 6.07 Å². The first kappa shape index (κ1) is 15.5. The fraction of sp³-hybridized carbons (Fsp3) is 0.0625. The summed E-state index contributed by atoms with van der Waals surface area (Å²) in [6.07, 6.45) is 0. The summed E-state index contributed by atoms with van der Waals surface area (Å²) < 4.78 is 5.12. The molecule has 1 N–H and O–H groups in total. The van der Waals surface area contributed by atoms with E-state index < -0.39 is 0 Å². The molecule has 0 aliphatic rings. The van der Waals surface area contributed by atoms with Crippen LogP contribution in [0.25, 0.3) is 11.4 Å². The van der Waals surface area contributed by atoms with Crippen LogP contribution in [0.5, 0.6) is 0 Å². The van der Waals surface area contributed by atoms with Gasteiger partial charge in [0.25, 0.3) is 5.91 Å². The van der Waals surface area contributed by atoms with Crippen molar-refractivity contribution in [1.82, 2.24) is 15.5 Å². The van der Waals surface area contributed by atoms with Gasteiger partial charge in [-0.25, -0.2) is 0 Å². The molecule has 116 valence electrons. The van der Waals surface area contributed by atoms with Crippen molar-refractivity contribution < 1.29 is 9.32 Å². The molecule has 5 nitrogen and oxygen atoms in total. The Labute approximate surface area is 142 Å². The highest BCUT2D eigenvalue weighted by molar-refractivity contribution is 6.35. The van der Waals surface area contributed by atoms with Gasteiger partial charge in [0.05, 0.1) is 17.1 Å². The van der Waals surface area contributed by atoms with Crippen LogP contribution in [-0.2, 0) is 6.54 Å².